The van der Waals surface area contributed by atoms with Crippen LogP contribution in [-0.2, 0) is 19.1 Å². The zero-order valence-electron chi connectivity index (χ0n) is 15.7. The minimum absolute atomic E-state index is 0.147. The topological polar surface area (TPSA) is 87.7 Å². The monoisotopic (exact) mass is 373 g/mol. The van der Waals surface area contributed by atoms with Crippen LogP contribution in [-0.4, -0.2) is 51.1 Å². The van der Waals surface area contributed by atoms with E-state index in [1.807, 2.05) is 12.1 Å². The number of nitrogens with zero attached hydrogens (tertiary/aromatic N) is 1. The standard InChI is InChI=1S/C20H27N3O4/c1-21-18(24)14-22-19(25)15-27-20(26)11-8-16-6-9-17(10-7-16)23-12-4-2-3-5-13-23/h6-11H,2-5,12-15H2,1H3,(H,21,24)(H,22,25)/b11-8+. The Labute approximate surface area is 159 Å². The Morgan fingerprint density at radius 2 is 1.70 bits per heavy atom. The highest BCUT2D eigenvalue weighted by atomic mass is 16.5. The molecule has 0 spiro atoms. The molecule has 0 saturated carbocycles. The third kappa shape index (κ3) is 7.52. The van der Waals surface area contributed by atoms with Gasteiger partial charge in [0.15, 0.2) is 6.61 Å². The van der Waals surface area contributed by atoms with Crippen molar-refractivity contribution in [2.75, 3.05) is 38.2 Å². The molecular weight excluding hydrogens is 346 g/mol. The predicted molar refractivity (Wildman–Crippen MR) is 104 cm³/mol. The summed E-state index contributed by atoms with van der Waals surface area (Å²) in [7, 11) is 1.47. The lowest BCUT2D eigenvalue weighted by Crippen LogP contribution is -2.37. The quantitative estimate of drug-likeness (QED) is 0.558. The minimum atomic E-state index is -0.610. The van der Waals surface area contributed by atoms with E-state index in [-0.39, 0.29) is 12.5 Å². The minimum Gasteiger partial charge on any atom is -0.452 e. The zero-order valence-corrected chi connectivity index (χ0v) is 15.7. The first-order chi connectivity index (χ1) is 13.1. The Kier molecular flexibility index (Phi) is 8.35. The fourth-order valence-corrected chi connectivity index (χ4v) is 2.79. The van der Waals surface area contributed by atoms with Gasteiger partial charge >= 0.3 is 5.97 Å². The second-order valence-corrected chi connectivity index (χ2v) is 6.38. The van der Waals surface area contributed by atoms with Crippen LogP contribution in [0.3, 0.4) is 0 Å². The van der Waals surface area contributed by atoms with E-state index >= 15 is 0 Å². The van der Waals surface area contributed by atoms with E-state index in [9.17, 15) is 14.4 Å². The number of benzene rings is 1. The molecule has 0 aliphatic carbocycles. The molecule has 1 aromatic rings. The van der Waals surface area contributed by atoms with Gasteiger partial charge in [0.05, 0.1) is 6.54 Å². The summed E-state index contributed by atoms with van der Waals surface area (Å²) < 4.78 is 4.85. The van der Waals surface area contributed by atoms with E-state index in [4.69, 9.17) is 4.74 Å². The van der Waals surface area contributed by atoms with Crippen molar-refractivity contribution in [1.82, 2.24) is 10.6 Å². The first kappa shape index (κ1) is 20.5. The van der Waals surface area contributed by atoms with Gasteiger partial charge in [0.1, 0.15) is 0 Å². The number of anilines is 1. The van der Waals surface area contributed by atoms with Crippen molar-refractivity contribution in [3.05, 3.63) is 35.9 Å². The van der Waals surface area contributed by atoms with E-state index in [0.717, 1.165) is 18.7 Å². The lowest BCUT2D eigenvalue weighted by atomic mass is 10.1. The van der Waals surface area contributed by atoms with Gasteiger partial charge in [0, 0.05) is 31.9 Å². The van der Waals surface area contributed by atoms with Crippen molar-refractivity contribution in [2.45, 2.75) is 25.7 Å². The molecule has 0 atom stereocenters. The van der Waals surface area contributed by atoms with E-state index in [1.165, 1.54) is 44.5 Å². The summed E-state index contributed by atoms with van der Waals surface area (Å²) in [5.74, 6) is -1.46. The van der Waals surface area contributed by atoms with E-state index in [1.54, 1.807) is 6.08 Å². The summed E-state index contributed by atoms with van der Waals surface area (Å²) in [6, 6.07) is 8.03. The molecular formula is C20H27N3O4. The number of nitrogens with one attached hydrogen (secondary N) is 2. The average Bonchev–Trinajstić information content (AvgIpc) is 2.98. The fraction of sp³-hybridized carbons (Fsp3) is 0.450. The molecule has 0 radical (unpaired) electrons. The SMILES string of the molecule is CNC(=O)CNC(=O)COC(=O)/C=C/c1ccc(N2CCCCCC2)cc1. The van der Waals surface area contributed by atoms with Gasteiger partial charge in [-0.05, 0) is 36.6 Å². The van der Waals surface area contributed by atoms with Crippen LogP contribution in [0.2, 0.25) is 0 Å². The van der Waals surface area contributed by atoms with Crippen LogP contribution < -0.4 is 15.5 Å². The molecule has 1 aliphatic rings. The van der Waals surface area contributed by atoms with Crippen molar-refractivity contribution in [2.24, 2.45) is 0 Å². The van der Waals surface area contributed by atoms with Gasteiger partial charge in [-0.15, -0.1) is 0 Å². The van der Waals surface area contributed by atoms with Crippen molar-refractivity contribution in [1.29, 1.82) is 0 Å². The molecule has 1 aromatic carbocycles. The second-order valence-electron chi connectivity index (χ2n) is 6.38. The molecule has 1 heterocycles. The first-order valence-corrected chi connectivity index (χ1v) is 9.25. The molecule has 7 nitrogen and oxygen atoms in total. The number of rotatable bonds is 7. The third-order valence-corrected chi connectivity index (χ3v) is 4.35. The van der Waals surface area contributed by atoms with Gasteiger partial charge in [-0.1, -0.05) is 25.0 Å². The first-order valence-electron chi connectivity index (χ1n) is 9.25. The Morgan fingerprint density at radius 3 is 2.33 bits per heavy atom. The van der Waals surface area contributed by atoms with Crippen LogP contribution in [0.25, 0.3) is 6.08 Å². The van der Waals surface area contributed by atoms with Crippen molar-refractivity contribution < 1.29 is 19.1 Å². The highest BCUT2D eigenvalue weighted by Crippen LogP contribution is 2.20. The maximum Gasteiger partial charge on any atom is 0.331 e. The molecule has 27 heavy (non-hydrogen) atoms. The number of hydrogen-bond acceptors (Lipinski definition) is 5. The van der Waals surface area contributed by atoms with Crippen LogP contribution in [0, 0.1) is 0 Å². The molecule has 0 unspecified atom stereocenters. The number of carbonyl (C=O) groups excluding carboxylic acids is 3. The number of hydrogen-bond donors (Lipinski definition) is 2. The van der Waals surface area contributed by atoms with Gasteiger partial charge in [0.2, 0.25) is 5.91 Å². The summed E-state index contributed by atoms with van der Waals surface area (Å²) in [6.45, 7) is 1.60. The van der Waals surface area contributed by atoms with Gasteiger partial charge in [0.25, 0.3) is 5.91 Å². The number of likely N-dealkylation sites (N-methyl/N-ethyl adjacent to an activating group) is 1. The summed E-state index contributed by atoms with van der Waals surface area (Å²) in [4.78, 5) is 36.6. The molecule has 146 valence electrons. The van der Waals surface area contributed by atoms with Crippen LogP contribution in [0.15, 0.2) is 30.3 Å². The molecule has 1 fully saturated rings. The van der Waals surface area contributed by atoms with Crippen molar-refractivity contribution >= 4 is 29.5 Å². The van der Waals surface area contributed by atoms with E-state index in [0.29, 0.717) is 0 Å². The normalized spacial score (nSPS) is 14.5. The smallest absolute Gasteiger partial charge is 0.331 e. The predicted octanol–water partition coefficient (Wildman–Crippen LogP) is 1.49. The molecule has 1 saturated heterocycles. The third-order valence-electron chi connectivity index (χ3n) is 4.35. The lowest BCUT2D eigenvalue weighted by Gasteiger charge is -2.22. The number of ether oxygens (including phenoxy) is 1. The highest BCUT2D eigenvalue weighted by molar-refractivity contribution is 5.90. The average molecular weight is 373 g/mol. The van der Waals surface area contributed by atoms with Gasteiger partial charge < -0.3 is 20.3 Å². The molecule has 0 bridgehead atoms. The molecule has 2 rings (SSSR count). The van der Waals surface area contributed by atoms with Crippen molar-refractivity contribution in [3.8, 4) is 0 Å². The Bertz CT molecular complexity index is 662. The zero-order chi connectivity index (χ0) is 19.5. The van der Waals surface area contributed by atoms with Crippen LogP contribution in [0.4, 0.5) is 5.69 Å². The number of amides is 2. The van der Waals surface area contributed by atoms with E-state index < -0.39 is 18.5 Å². The molecule has 0 aromatic heterocycles. The Hall–Kier alpha value is -2.83. The van der Waals surface area contributed by atoms with Crippen molar-refractivity contribution in [3.63, 3.8) is 0 Å². The Morgan fingerprint density at radius 1 is 1.04 bits per heavy atom. The summed E-state index contributed by atoms with van der Waals surface area (Å²) in [5, 5.41) is 4.72. The number of carbonyl (C=O) groups is 3. The van der Waals surface area contributed by atoms with Gasteiger partial charge in [-0.25, -0.2) is 4.79 Å². The van der Waals surface area contributed by atoms with Crippen LogP contribution in [0.5, 0.6) is 0 Å². The number of esters is 1. The summed E-state index contributed by atoms with van der Waals surface area (Å²) >= 11 is 0. The summed E-state index contributed by atoms with van der Waals surface area (Å²) in [6.07, 6.45) is 7.98. The fourth-order valence-electron chi connectivity index (χ4n) is 2.79. The maximum absolute atomic E-state index is 11.7. The molecule has 2 N–H and O–H groups in total. The van der Waals surface area contributed by atoms with E-state index in [2.05, 4.69) is 27.7 Å². The molecule has 7 heteroatoms. The molecule has 1 aliphatic heterocycles. The largest absolute Gasteiger partial charge is 0.452 e. The maximum atomic E-state index is 11.7. The second kappa shape index (κ2) is 11.0. The van der Waals surface area contributed by atoms with Gasteiger partial charge in [-0.2, -0.15) is 0 Å². The Balaban J connectivity index is 1.76. The highest BCUT2D eigenvalue weighted by Gasteiger charge is 2.09. The van der Waals surface area contributed by atoms with Gasteiger partial charge in [-0.3, -0.25) is 9.59 Å². The lowest BCUT2D eigenvalue weighted by molar-refractivity contribution is -0.143. The van der Waals surface area contributed by atoms with Crippen LogP contribution >= 0.6 is 0 Å². The summed E-state index contributed by atoms with van der Waals surface area (Å²) in [5.41, 5.74) is 2.08. The van der Waals surface area contributed by atoms with Crippen LogP contribution in [0.1, 0.15) is 31.2 Å². The molecule has 2 amide bonds.